The van der Waals surface area contributed by atoms with Gasteiger partial charge in [-0.25, -0.2) is 0 Å². The number of hydrogen-bond acceptors (Lipinski definition) is 3. The second kappa shape index (κ2) is 4.81. The Hall–Kier alpha value is -0.120. The molecule has 0 aromatic rings. The maximum Gasteiger partial charge on any atom is 0.0724 e. The summed E-state index contributed by atoms with van der Waals surface area (Å²) < 4.78 is 5.47. The quantitative estimate of drug-likeness (QED) is 0.741. The molecule has 0 aromatic heterocycles. The third-order valence-electron chi connectivity index (χ3n) is 4.07. The van der Waals surface area contributed by atoms with Crippen LogP contribution in [0.2, 0.25) is 0 Å². The van der Waals surface area contributed by atoms with Crippen LogP contribution in [0.5, 0.6) is 0 Å². The normalized spacial score (nSPS) is 34.8. The molecular formula is C12H24N2O. The van der Waals surface area contributed by atoms with Gasteiger partial charge in [-0.1, -0.05) is 12.8 Å². The van der Waals surface area contributed by atoms with Crippen LogP contribution >= 0.6 is 0 Å². The Morgan fingerprint density at radius 2 is 2.00 bits per heavy atom. The summed E-state index contributed by atoms with van der Waals surface area (Å²) in [6, 6.07) is 0.538. The molecular weight excluding hydrogens is 188 g/mol. The fourth-order valence-electron chi connectivity index (χ4n) is 3.03. The molecule has 0 radical (unpaired) electrons. The summed E-state index contributed by atoms with van der Waals surface area (Å²) in [5, 5.41) is 3.62. The first-order valence-corrected chi connectivity index (χ1v) is 6.29. The van der Waals surface area contributed by atoms with Gasteiger partial charge in [-0.15, -0.1) is 0 Å². The summed E-state index contributed by atoms with van der Waals surface area (Å²) in [4.78, 5) is 0. The van der Waals surface area contributed by atoms with Crippen molar-refractivity contribution < 1.29 is 4.74 Å². The van der Waals surface area contributed by atoms with Crippen LogP contribution in [-0.2, 0) is 4.74 Å². The van der Waals surface area contributed by atoms with Gasteiger partial charge in [0.05, 0.1) is 6.10 Å². The van der Waals surface area contributed by atoms with Crippen molar-refractivity contribution in [1.82, 2.24) is 5.32 Å². The molecule has 15 heavy (non-hydrogen) atoms. The first-order valence-electron chi connectivity index (χ1n) is 6.29. The molecule has 0 saturated heterocycles. The molecule has 3 heteroatoms. The number of hydrogen-bond donors (Lipinski definition) is 2. The summed E-state index contributed by atoms with van der Waals surface area (Å²) in [5.74, 6) is 0. The van der Waals surface area contributed by atoms with Crippen LogP contribution in [-0.4, -0.2) is 31.3 Å². The zero-order valence-corrected chi connectivity index (χ0v) is 9.80. The first kappa shape index (κ1) is 11.4. The van der Waals surface area contributed by atoms with E-state index in [1.165, 1.54) is 44.9 Å². The van der Waals surface area contributed by atoms with Crippen LogP contribution in [0, 0.1) is 0 Å². The molecule has 3 N–H and O–H groups in total. The van der Waals surface area contributed by atoms with E-state index >= 15 is 0 Å². The Balaban J connectivity index is 1.77. The molecule has 3 nitrogen and oxygen atoms in total. The van der Waals surface area contributed by atoms with Crippen molar-refractivity contribution in [2.24, 2.45) is 5.73 Å². The zero-order valence-electron chi connectivity index (χ0n) is 9.80. The van der Waals surface area contributed by atoms with E-state index < -0.39 is 0 Å². The van der Waals surface area contributed by atoms with Crippen LogP contribution in [0.3, 0.4) is 0 Å². The summed E-state index contributed by atoms with van der Waals surface area (Å²) in [5.41, 5.74) is 6.39. The molecule has 88 valence electrons. The third-order valence-corrected chi connectivity index (χ3v) is 4.07. The van der Waals surface area contributed by atoms with E-state index in [0.717, 1.165) is 6.54 Å². The molecule has 0 amide bonds. The summed E-state index contributed by atoms with van der Waals surface area (Å²) in [6.45, 7) is 0.970. The number of methoxy groups -OCH3 is 1. The minimum atomic E-state index is 0.0703. The van der Waals surface area contributed by atoms with Gasteiger partial charge in [0, 0.05) is 25.2 Å². The van der Waals surface area contributed by atoms with Crippen molar-refractivity contribution in [3.63, 3.8) is 0 Å². The Morgan fingerprint density at radius 3 is 2.67 bits per heavy atom. The van der Waals surface area contributed by atoms with E-state index in [2.05, 4.69) is 5.32 Å². The molecule has 0 bridgehead atoms. The van der Waals surface area contributed by atoms with Gasteiger partial charge in [-0.2, -0.15) is 0 Å². The van der Waals surface area contributed by atoms with E-state index in [-0.39, 0.29) is 5.54 Å². The molecule has 2 rings (SSSR count). The van der Waals surface area contributed by atoms with Gasteiger partial charge in [0.15, 0.2) is 0 Å². The lowest BCUT2D eigenvalue weighted by Crippen LogP contribution is -2.50. The molecule has 2 unspecified atom stereocenters. The molecule has 2 saturated carbocycles. The van der Waals surface area contributed by atoms with Gasteiger partial charge in [0.25, 0.3) is 0 Å². The smallest absolute Gasteiger partial charge is 0.0724 e. The van der Waals surface area contributed by atoms with Crippen molar-refractivity contribution in [3.8, 4) is 0 Å². The number of nitrogens with two attached hydrogens (primary N) is 1. The molecule has 2 atom stereocenters. The number of ether oxygens (including phenoxy) is 1. The minimum Gasteiger partial charge on any atom is -0.380 e. The maximum absolute atomic E-state index is 6.32. The van der Waals surface area contributed by atoms with Crippen molar-refractivity contribution in [2.75, 3.05) is 13.7 Å². The molecule has 2 aliphatic rings. The van der Waals surface area contributed by atoms with E-state index in [4.69, 9.17) is 10.5 Å². The first-order chi connectivity index (χ1) is 7.23. The topological polar surface area (TPSA) is 47.3 Å². The molecule has 2 aliphatic carbocycles. The Labute approximate surface area is 92.7 Å². The van der Waals surface area contributed by atoms with E-state index in [9.17, 15) is 0 Å². The van der Waals surface area contributed by atoms with Gasteiger partial charge in [-0.3, -0.25) is 0 Å². The van der Waals surface area contributed by atoms with Gasteiger partial charge in [-0.05, 0) is 32.1 Å². The van der Waals surface area contributed by atoms with Gasteiger partial charge in [0.1, 0.15) is 0 Å². The average Bonchev–Trinajstić information content (AvgIpc) is 2.84. The lowest BCUT2D eigenvalue weighted by atomic mass is 9.98. The van der Waals surface area contributed by atoms with Crippen LogP contribution in [0.4, 0.5) is 0 Å². The fraction of sp³-hybridized carbons (Fsp3) is 1.00. The molecule has 0 aromatic carbocycles. The number of rotatable bonds is 4. The van der Waals surface area contributed by atoms with E-state index in [1.54, 1.807) is 0 Å². The predicted octanol–water partition coefficient (Wildman–Crippen LogP) is 1.41. The summed E-state index contributed by atoms with van der Waals surface area (Å²) >= 11 is 0. The van der Waals surface area contributed by atoms with Gasteiger partial charge >= 0.3 is 0 Å². The second-order valence-electron chi connectivity index (χ2n) is 5.26. The van der Waals surface area contributed by atoms with Gasteiger partial charge < -0.3 is 15.8 Å². The monoisotopic (exact) mass is 212 g/mol. The van der Waals surface area contributed by atoms with Gasteiger partial charge in [0.2, 0.25) is 0 Å². The standard InChI is InChI=1S/C12H24N2O/c1-15-11-6-4-5-10(11)14-9-12(13)7-2-3-8-12/h10-11,14H,2-9,13H2,1H3. The van der Waals surface area contributed by atoms with Crippen LogP contribution < -0.4 is 11.1 Å². The minimum absolute atomic E-state index is 0.0703. The maximum atomic E-state index is 6.32. The SMILES string of the molecule is COC1CCCC1NCC1(N)CCCC1. The molecule has 0 heterocycles. The van der Waals surface area contributed by atoms with Crippen molar-refractivity contribution in [1.29, 1.82) is 0 Å². The third kappa shape index (κ3) is 2.71. The number of nitrogens with one attached hydrogen (secondary N) is 1. The van der Waals surface area contributed by atoms with Crippen molar-refractivity contribution >= 4 is 0 Å². The summed E-state index contributed by atoms with van der Waals surface area (Å²) in [6.07, 6.45) is 9.12. The second-order valence-corrected chi connectivity index (χ2v) is 5.26. The Morgan fingerprint density at radius 1 is 1.27 bits per heavy atom. The zero-order chi connectivity index (χ0) is 10.7. The fourth-order valence-corrected chi connectivity index (χ4v) is 3.03. The predicted molar refractivity (Wildman–Crippen MR) is 61.8 cm³/mol. The van der Waals surface area contributed by atoms with Crippen LogP contribution in [0.15, 0.2) is 0 Å². The molecule has 2 fully saturated rings. The largest absolute Gasteiger partial charge is 0.380 e. The van der Waals surface area contributed by atoms with E-state index in [1.807, 2.05) is 7.11 Å². The highest BCUT2D eigenvalue weighted by Gasteiger charge is 2.32. The van der Waals surface area contributed by atoms with Crippen LogP contribution in [0.1, 0.15) is 44.9 Å². The Kier molecular flexibility index (Phi) is 3.65. The average molecular weight is 212 g/mol. The Bertz CT molecular complexity index is 202. The lowest BCUT2D eigenvalue weighted by molar-refractivity contribution is 0.0832. The highest BCUT2D eigenvalue weighted by molar-refractivity contribution is 4.94. The highest BCUT2D eigenvalue weighted by atomic mass is 16.5. The van der Waals surface area contributed by atoms with Crippen molar-refractivity contribution in [2.45, 2.75) is 62.6 Å². The van der Waals surface area contributed by atoms with E-state index in [0.29, 0.717) is 12.1 Å². The highest BCUT2D eigenvalue weighted by Crippen LogP contribution is 2.28. The molecule has 0 spiro atoms. The van der Waals surface area contributed by atoms with Crippen LogP contribution in [0.25, 0.3) is 0 Å². The molecule has 0 aliphatic heterocycles. The summed E-state index contributed by atoms with van der Waals surface area (Å²) in [7, 11) is 1.82. The van der Waals surface area contributed by atoms with Crippen molar-refractivity contribution in [3.05, 3.63) is 0 Å². The lowest BCUT2D eigenvalue weighted by Gasteiger charge is -2.28.